The molecule has 0 atom stereocenters. The molecule has 4 nitrogen and oxygen atoms in total. The van der Waals surface area contributed by atoms with Crippen LogP contribution in [0.1, 0.15) is 31.2 Å². The molecule has 1 aromatic heterocycles. The third kappa shape index (κ3) is 2.98. The van der Waals surface area contributed by atoms with Gasteiger partial charge in [0.1, 0.15) is 11.6 Å². The standard InChI is InChI=1S/C12H14ClN3OS/c1-7(2)11-15-12(18-16-11)17-10-4-3-8(6-14)5-9(10)13/h3-5,7H,6,14H2,1-2H3. The topological polar surface area (TPSA) is 61.0 Å². The van der Waals surface area contributed by atoms with Crippen LogP contribution in [-0.2, 0) is 6.54 Å². The Morgan fingerprint density at radius 2 is 2.22 bits per heavy atom. The lowest BCUT2D eigenvalue weighted by Crippen LogP contribution is -1.96. The summed E-state index contributed by atoms with van der Waals surface area (Å²) in [7, 11) is 0. The maximum atomic E-state index is 6.10. The Balaban J connectivity index is 2.17. The minimum absolute atomic E-state index is 0.286. The molecule has 0 saturated carbocycles. The Hall–Kier alpha value is -1.17. The molecular weight excluding hydrogens is 270 g/mol. The lowest BCUT2D eigenvalue weighted by Gasteiger charge is -2.05. The second kappa shape index (κ2) is 5.65. The number of nitrogens with zero attached hydrogens (tertiary/aromatic N) is 2. The number of hydrogen-bond donors (Lipinski definition) is 1. The van der Waals surface area contributed by atoms with Crippen LogP contribution in [-0.4, -0.2) is 9.36 Å². The van der Waals surface area contributed by atoms with Crippen molar-refractivity contribution in [1.29, 1.82) is 0 Å². The zero-order valence-electron chi connectivity index (χ0n) is 10.2. The first-order chi connectivity index (χ1) is 8.60. The van der Waals surface area contributed by atoms with E-state index in [1.807, 2.05) is 19.9 Å². The summed E-state index contributed by atoms with van der Waals surface area (Å²) in [5, 5.41) is 1.03. The van der Waals surface area contributed by atoms with Gasteiger partial charge >= 0.3 is 0 Å². The predicted molar refractivity (Wildman–Crippen MR) is 73.4 cm³/mol. The summed E-state index contributed by atoms with van der Waals surface area (Å²) >= 11 is 7.33. The molecule has 0 amide bonds. The van der Waals surface area contributed by atoms with Crippen molar-refractivity contribution in [2.45, 2.75) is 26.3 Å². The fourth-order valence-corrected chi connectivity index (χ4v) is 2.27. The summed E-state index contributed by atoms with van der Waals surface area (Å²) in [6.07, 6.45) is 0. The maximum Gasteiger partial charge on any atom is 0.298 e. The highest BCUT2D eigenvalue weighted by Gasteiger charge is 2.11. The van der Waals surface area contributed by atoms with E-state index in [1.54, 1.807) is 12.1 Å². The number of halogens is 1. The van der Waals surface area contributed by atoms with Gasteiger partial charge in [0.25, 0.3) is 5.19 Å². The second-order valence-corrected chi connectivity index (χ2v) is 5.27. The van der Waals surface area contributed by atoms with E-state index < -0.39 is 0 Å². The normalized spacial score (nSPS) is 10.9. The molecule has 0 fully saturated rings. The quantitative estimate of drug-likeness (QED) is 0.932. The molecule has 0 saturated heterocycles. The van der Waals surface area contributed by atoms with E-state index in [1.165, 1.54) is 11.5 Å². The molecule has 18 heavy (non-hydrogen) atoms. The average Bonchev–Trinajstić information content (AvgIpc) is 2.80. The van der Waals surface area contributed by atoms with Crippen LogP contribution in [0.5, 0.6) is 10.9 Å². The molecule has 6 heteroatoms. The van der Waals surface area contributed by atoms with Crippen LogP contribution in [0, 0.1) is 0 Å². The maximum absolute atomic E-state index is 6.10. The van der Waals surface area contributed by atoms with E-state index in [9.17, 15) is 0 Å². The van der Waals surface area contributed by atoms with Crippen molar-refractivity contribution >= 4 is 23.1 Å². The van der Waals surface area contributed by atoms with Gasteiger partial charge < -0.3 is 10.5 Å². The highest BCUT2D eigenvalue weighted by Crippen LogP contribution is 2.31. The number of aromatic nitrogens is 2. The van der Waals surface area contributed by atoms with Crippen LogP contribution < -0.4 is 10.5 Å². The van der Waals surface area contributed by atoms with Gasteiger partial charge in [0, 0.05) is 24.0 Å². The molecule has 2 aromatic rings. The lowest BCUT2D eigenvalue weighted by molar-refractivity contribution is 0.476. The second-order valence-electron chi connectivity index (χ2n) is 4.14. The van der Waals surface area contributed by atoms with Crippen molar-refractivity contribution in [3.63, 3.8) is 0 Å². The van der Waals surface area contributed by atoms with Crippen molar-refractivity contribution < 1.29 is 4.74 Å². The van der Waals surface area contributed by atoms with E-state index in [0.29, 0.717) is 22.5 Å². The predicted octanol–water partition coefficient (Wildman–Crippen LogP) is 3.57. The highest BCUT2D eigenvalue weighted by atomic mass is 35.5. The number of ether oxygens (including phenoxy) is 1. The number of benzene rings is 1. The molecule has 0 aliphatic carbocycles. The highest BCUT2D eigenvalue weighted by molar-refractivity contribution is 7.07. The Morgan fingerprint density at radius 3 is 2.78 bits per heavy atom. The van der Waals surface area contributed by atoms with Crippen LogP contribution in [0.2, 0.25) is 5.02 Å². The smallest absolute Gasteiger partial charge is 0.298 e. The monoisotopic (exact) mass is 283 g/mol. The van der Waals surface area contributed by atoms with Gasteiger partial charge in [-0.25, -0.2) is 0 Å². The first-order valence-corrected chi connectivity index (χ1v) is 6.75. The van der Waals surface area contributed by atoms with Gasteiger partial charge in [0.05, 0.1) is 5.02 Å². The van der Waals surface area contributed by atoms with Crippen molar-refractivity contribution in [2.75, 3.05) is 0 Å². The summed E-state index contributed by atoms with van der Waals surface area (Å²) in [4.78, 5) is 4.29. The molecule has 0 aliphatic rings. The van der Waals surface area contributed by atoms with Gasteiger partial charge in [-0.15, -0.1) is 0 Å². The molecule has 1 heterocycles. The van der Waals surface area contributed by atoms with E-state index in [-0.39, 0.29) is 5.92 Å². The first-order valence-electron chi connectivity index (χ1n) is 5.60. The third-order valence-corrected chi connectivity index (χ3v) is 3.27. The first kappa shape index (κ1) is 13.3. The minimum atomic E-state index is 0.286. The molecule has 0 aliphatic heterocycles. The number of rotatable bonds is 4. The summed E-state index contributed by atoms with van der Waals surface area (Å²) in [5.41, 5.74) is 6.50. The molecule has 2 rings (SSSR count). The Kier molecular flexibility index (Phi) is 4.16. The van der Waals surface area contributed by atoms with E-state index in [4.69, 9.17) is 22.1 Å². The van der Waals surface area contributed by atoms with Crippen LogP contribution in [0.3, 0.4) is 0 Å². The van der Waals surface area contributed by atoms with Crippen LogP contribution in [0.4, 0.5) is 0 Å². The van der Waals surface area contributed by atoms with Crippen LogP contribution >= 0.6 is 23.1 Å². The van der Waals surface area contributed by atoms with Gasteiger partial charge in [0.2, 0.25) is 0 Å². The Labute approximate surface area is 115 Å². The number of nitrogens with two attached hydrogens (primary N) is 1. The molecule has 0 spiro atoms. The van der Waals surface area contributed by atoms with Crippen molar-refractivity contribution in [3.05, 3.63) is 34.6 Å². The van der Waals surface area contributed by atoms with E-state index in [0.717, 1.165) is 11.4 Å². The summed E-state index contributed by atoms with van der Waals surface area (Å²) in [5.74, 6) is 1.64. The molecule has 1 aromatic carbocycles. The van der Waals surface area contributed by atoms with Gasteiger partial charge in [-0.2, -0.15) is 9.36 Å². The summed E-state index contributed by atoms with van der Waals surface area (Å²) < 4.78 is 9.83. The zero-order chi connectivity index (χ0) is 13.1. The van der Waals surface area contributed by atoms with E-state index in [2.05, 4.69) is 9.36 Å². The lowest BCUT2D eigenvalue weighted by atomic mass is 10.2. The van der Waals surface area contributed by atoms with E-state index >= 15 is 0 Å². The third-order valence-electron chi connectivity index (χ3n) is 2.37. The molecule has 96 valence electrons. The molecule has 2 N–H and O–H groups in total. The largest absolute Gasteiger partial charge is 0.428 e. The van der Waals surface area contributed by atoms with Crippen molar-refractivity contribution in [3.8, 4) is 10.9 Å². The van der Waals surface area contributed by atoms with Gasteiger partial charge in [-0.3, -0.25) is 0 Å². The summed E-state index contributed by atoms with van der Waals surface area (Å²) in [6, 6.07) is 5.47. The molecular formula is C12H14ClN3OS. The van der Waals surface area contributed by atoms with Gasteiger partial charge in [-0.05, 0) is 17.7 Å². The Bertz CT molecular complexity index is 542. The van der Waals surface area contributed by atoms with Gasteiger partial charge in [0.15, 0.2) is 0 Å². The SMILES string of the molecule is CC(C)c1nsc(Oc2ccc(CN)cc2Cl)n1. The van der Waals surface area contributed by atoms with Crippen molar-refractivity contribution in [1.82, 2.24) is 9.36 Å². The molecule has 0 radical (unpaired) electrons. The molecule has 0 bridgehead atoms. The minimum Gasteiger partial charge on any atom is -0.428 e. The summed E-state index contributed by atoms with van der Waals surface area (Å²) in [6.45, 7) is 4.53. The fraction of sp³-hybridized carbons (Fsp3) is 0.333. The van der Waals surface area contributed by atoms with Crippen LogP contribution in [0.25, 0.3) is 0 Å². The zero-order valence-corrected chi connectivity index (χ0v) is 11.8. The number of hydrogen-bond acceptors (Lipinski definition) is 5. The van der Waals surface area contributed by atoms with Crippen LogP contribution in [0.15, 0.2) is 18.2 Å². The molecule has 0 unspecified atom stereocenters. The van der Waals surface area contributed by atoms with Crippen molar-refractivity contribution in [2.24, 2.45) is 5.73 Å². The van der Waals surface area contributed by atoms with Gasteiger partial charge in [-0.1, -0.05) is 31.5 Å². The Morgan fingerprint density at radius 1 is 1.44 bits per heavy atom. The average molecular weight is 284 g/mol. The fourth-order valence-electron chi connectivity index (χ4n) is 1.34.